The van der Waals surface area contributed by atoms with E-state index in [4.69, 9.17) is 31.5 Å². The first-order valence-electron chi connectivity index (χ1n) is 12.2. The molecule has 0 saturated carbocycles. The number of hydrogen-bond acceptors (Lipinski definition) is 13. The fourth-order valence-electron chi connectivity index (χ4n) is 4.05. The quantitative estimate of drug-likeness (QED) is 0.0704. The minimum absolute atomic E-state index is 0.362. The van der Waals surface area contributed by atoms with Gasteiger partial charge >= 0.3 is 33.3 Å². The summed E-state index contributed by atoms with van der Waals surface area (Å²) < 4.78 is 47.4. The van der Waals surface area contributed by atoms with Crippen LogP contribution in [0.1, 0.15) is 26.7 Å². The van der Waals surface area contributed by atoms with Crippen LogP contribution in [0.4, 0.5) is 0 Å². The molecule has 0 bridgehead atoms. The van der Waals surface area contributed by atoms with Crippen LogP contribution in [0, 0.1) is 0 Å². The molecule has 23 heteroatoms. The van der Waals surface area contributed by atoms with E-state index in [0.717, 1.165) is 6.92 Å². The third-order valence-electron chi connectivity index (χ3n) is 5.80. The van der Waals surface area contributed by atoms with Gasteiger partial charge in [0, 0.05) is 13.3 Å². The van der Waals surface area contributed by atoms with E-state index in [1.165, 1.54) is 0 Å². The van der Waals surface area contributed by atoms with E-state index < -0.39 is 119 Å². The van der Waals surface area contributed by atoms with Gasteiger partial charge in [0.2, 0.25) is 11.8 Å². The molecule has 21 nitrogen and oxygen atoms in total. The van der Waals surface area contributed by atoms with Crippen LogP contribution in [-0.2, 0) is 46.9 Å². The Kier molecular flexibility index (Phi) is 12.5. The molecule has 1 saturated heterocycles. The van der Waals surface area contributed by atoms with Crippen molar-refractivity contribution in [1.29, 1.82) is 0 Å². The van der Waals surface area contributed by atoms with Crippen molar-refractivity contribution < 1.29 is 88.5 Å². The largest absolute Gasteiger partial charge is 0.481 e. The highest BCUT2D eigenvalue weighted by Crippen LogP contribution is 2.58. The number of hydrogen-bond donors (Lipinski definition) is 11. The number of aliphatic hydroxyl groups is 2. The zero-order valence-electron chi connectivity index (χ0n) is 22.9. The van der Waals surface area contributed by atoms with E-state index in [9.17, 15) is 58.4 Å². The SMILES string of the molecule is [2H]N(C(C)=O)[C@@](CP(=O)(O)OP(=O)(O)O)(C(=O)N[C@@H](CCC(=O)O)C(=O)O)C1O[C@H](CO)[C@@H](O)[C@H](O[C@H](C)C(=O)O)[C@H]1N. The number of nitrogens with one attached hydrogen (secondary N) is 2. The Morgan fingerprint density at radius 2 is 1.69 bits per heavy atom. The highest BCUT2D eigenvalue weighted by atomic mass is 31.3. The second-order valence-electron chi connectivity index (χ2n) is 9.15. The van der Waals surface area contributed by atoms with Crippen LogP contribution in [0.2, 0.25) is 1.41 Å². The van der Waals surface area contributed by atoms with Crippen LogP contribution in [0.15, 0.2) is 0 Å². The summed E-state index contributed by atoms with van der Waals surface area (Å²) in [6, 6.07) is -4.20. The van der Waals surface area contributed by atoms with Gasteiger partial charge in [0.1, 0.15) is 30.5 Å². The van der Waals surface area contributed by atoms with Gasteiger partial charge in [-0.05, 0) is 13.3 Å². The normalized spacial score (nSPS) is 27.3. The van der Waals surface area contributed by atoms with Crippen molar-refractivity contribution in [2.24, 2.45) is 5.73 Å². The third-order valence-corrected chi connectivity index (χ3v) is 8.56. The van der Waals surface area contributed by atoms with Crippen molar-refractivity contribution in [1.82, 2.24) is 10.6 Å². The predicted octanol–water partition coefficient (Wildman–Crippen LogP) is -4.10. The number of aliphatic carboxylic acids is 3. The van der Waals surface area contributed by atoms with Gasteiger partial charge in [-0.25, -0.2) is 18.5 Å². The van der Waals surface area contributed by atoms with Gasteiger partial charge in [0.25, 0.3) is 0 Å². The molecule has 0 spiro atoms. The number of carbonyl (C=O) groups excluding carboxylic acids is 2. The lowest BCUT2D eigenvalue weighted by Crippen LogP contribution is -2.77. The Bertz CT molecular complexity index is 1170. The maximum absolute atomic E-state index is 13.9. The second kappa shape index (κ2) is 14.8. The molecular formula is C19H33N3O18P2. The summed E-state index contributed by atoms with van der Waals surface area (Å²) in [4.78, 5) is 89.3. The highest BCUT2D eigenvalue weighted by Gasteiger charge is 2.60. The summed E-state index contributed by atoms with van der Waals surface area (Å²) >= 11 is 0. The number of carboxylic acid groups (broad SMARTS) is 3. The van der Waals surface area contributed by atoms with E-state index >= 15 is 0 Å². The lowest BCUT2D eigenvalue weighted by Gasteiger charge is -2.50. The van der Waals surface area contributed by atoms with Crippen molar-refractivity contribution in [2.75, 3.05) is 12.8 Å². The standard InChI is InChI=1S/C19H33N3O18P2/c1-7(16(28)29)38-14-12(20)15(39-10(5-23)13(14)27)19(22-8(2)24,6-41(33,34)40-42(35,36)37)18(32)21-9(17(30)31)3-4-11(25)26/h7,9-10,12-15,23,27H,3-6,20H2,1-2H3,(H,21,32)(H,22,24)(H,25,26)(H,28,29)(H,30,31)(H,33,34)(H2,35,36,37)/t7-,9+,10-,12-,13-,14-,15?,19-/m1/s1/i/hD. The van der Waals surface area contributed by atoms with E-state index in [-0.39, 0.29) is 5.31 Å². The average molecular weight is 654 g/mol. The summed E-state index contributed by atoms with van der Waals surface area (Å²) in [7, 11) is -11.7. The van der Waals surface area contributed by atoms with Gasteiger partial charge in [-0.2, -0.15) is 0 Å². The summed E-state index contributed by atoms with van der Waals surface area (Å²) in [5, 5.41) is 49.6. The molecule has 0 aromatic rings. The molecular weight excluding hydrogens is 620 g/mol. The Balaban J connectivity index is 4.00. The van der Waals surface area contributed by atoms with Gasteiger partial charge < -0.3 is 66.0 Å². The molecule has 2 unspecified atom stereocenters. The first-order valence-corrected chi connectivity index (χ1v) is 15.0. The maximum Gasteiger partial charge on any atom is 0.476 e. The molecule has 0 aromatic carbocycles. The average Bonchev–Trinajstić information content (AvgIpc) is 2.85. The van der Waals surface area contributed by atoms with E-state index in [1.807, 2.05) is 0 Å². The Labute approximate surface area is 238 Å². The van der Waals surface area contributed by atoms with E-state index in [0.29, 0.717) is 6.92 Å². The minimum atomic E-state index is -5.86. The number of ether oxygens (including phenoxy) is 2. The van der Waals surface area contributed by atoms with Crippen molar-refractivity contribution in [3.8, 4) is 0 Å². The molecule has 1 aliphatic rings. The Morgan fingerprint density at radius 3 is 2.12 bits per heavy atom. The molecule has 1 fully saturated rings. The fourth-order valence-corrected chi connectivity index (χ4v) is 6.61. The Hall–Kier alpha value is -2.55. The zero-order valence-corrected chi connectivity index (χ0v) is 23.7. The smallest absolute Gasteiger partial charge is 0.476 e. The molecule has 9 atom stereocenters. The number of nitrogens with two attached hydrogens (primary N) is 1. The second-order valence-corrected chi connectivity index (χ2v) is 12.4. The van der Waals surface area contributed by atoms with Crippen LogP contribution in [0.25, 0.3) is 0 Å². The number of aliphatic hydroxyl groups excluding tert-OH is 2. The number of rotatable bonds is 16. The van der Waals surface area contributed by atoms with Crippen LogP contribution < -0.4 is 16.4 Å². The molecule has 1 aliphatic heterocycles. The molecule has 2 amide bonds. The van der Waals surface area contributed by atoms with Gasteiger partial charge in [-0.15, -0.1) is 0 Å². The molecule has 12 N–H and O–H groups in total. The number of carboxylic acids is 3. The van der Waals surface area contributed by atoms with Crippen LogP contribution in [0.3, 0.4) is 0 Å². The summed E-state index contributed by atoms with van der Waals surface area (Å²) in [5.41, 5.74) is 2.70. The summed E-state index contributed by atoms with van der Waals surface area (Å²) in [6.45, 7) is 0.448. The monoisotopic (exact) mass is 654 g/mol. The first-order chi connectivity index (χ1) is 19.5. The summed E-state index contributed by atoms with van der Waals surface area (Å²) in [5.74, 6) is -8.32. The molecule has 0 aromatic heterocycles. The number of amides is 2. The number of carbonyl (C=O) groups is 5. The van der Waals surface area contributed by atoms with Crippen molar-refractivity contribution in [3.05, 3.63) is 0 Å². The maximum atomic E-state index is 13.9. The highest BCUT2D eigenvalue weighted by molar-refractivity contribution is 7.63. The zero-order chi connectivity index (χ0) is 33.7. The fraction of sp³-hybridized carbons (Fsp3) is 0.737. The summed E-state index contributed by atoms with van der Waals surface area (Å²) in [6.07, 6.45) is -13.6. The van der Waals surface area contributed by atoms with Crippen molar-refractivity contribution >= 4 is 45.1 Å². The van der Waals surface area contributed by atoms with E-state index in [2.05, 4.69) is 4.31 Å². The van der Waals surface area contributed by atoms with Crippen LogP contribution >= 0.6 is 15.4 Å². The lowest BCUT2D eigenvalue weighted by atomic mass is 9.81. The molecule has 242 valence electrons. The van der Waals surface area contributed by atoms with Gasteiger partial charge in [-0.3, -0.25) is 18.9 Å². The first kappa shape index (κ1) is 35.6. The van der Waals surface area contributed by atoms with Crippen LogP contribution in [-0.4, -0.2) is 131 Å². The van der Waals surface area contributed by atoms with Crippen molar-refractivity contribution in [2.45, 2.75) is 74.8 Å². The molecule has 1 heterocycles. The molecule has 1 rings (SSSR count). The predicted molar refractivity (Wildman–Crippen MR) is 133 cm³/mol. The lowest BCUT2D eigenvalue weighted by molar-refractivity contribution is -0.227. The van der Waals surface area contributed by atoms with Gasteiger partial charge in [-0.1, -0.05) is 0 Å². The number of phosphoric acid groups is 1. The van der Waals surface area contributed by atoms with E-state index in [1.54, 1.807) is 5.32 Å². The minimum Gasteiger partial charge on any atom is -0.481 e. The Morgan fingerprint density at radius 1 is 1.12 bits per heavy atom. The topological polar surface area (TPSA) is 359 Å². The van der Waals surface area contributed by atoms with Gasteiger partial charge in [0.15, 0.2) is 13.1 Å². The van der Waals surface area contributed by atoms with Crippen LogP contribution in [0.5, 0.6) is 0 Å². The molecule has 42 heavy (non-hydrogen) atoms. The third kappa shape index (κ3) is 10.3. The molecule has 0 radical (unpaired) electrons. The van der Waals surface area contributed by atoms with Crippen molar-refractivity contribution in [3.63, 3.8) is 0 Å². The molecule has 0 aliphatic carbocycles. The van der Waals surface area contributed by atoms with Gasteiger partial charge in [0.05, 0.1) is 18.8 Å².